The van der Waals surface area contributed by atoms with Crippen LogP contribution in [0.25, 0.3) is 0 Å². The number of thiophene rings is 1. The summed E-state index contributed by atoms with van der Waals surface area (Å²) in [6, 6.07) is 1.85. The molecule has 0 fully saturated rings. The van der Waals surface area contributed by atoms with E-state index in [1.54, 1.807) is 0 Å². The van der Waals surface area contributed by atoms with Crippen LogP contribution >= 0.6 is 47.2 Å². The number of hydrogen-bond donors (Lipinski definition) is 1. The Morgan fingerprint density at radius 1 is 1.60 bits per heavy atom. The summed E-state index contributed by atoms with van der Waals surface area (Å²) in [6.45, 7) is 1.97. The van der Waals surface area contributed by atoms with Crippen molar-refractivity contribution < 1.29 is 0 Å². The van der Waals surface area contributed by atoms with Gasteiger partial charge in [-0.25, -0.2) is 0 Å². The van der Waals surface area contributed by atoms with E-state index in [2.05, 4.69) is 12.6 Å². The maximum absolute atomic E-state index is 5.83. The lowest BCUT2D eigenvalue weighted by Crippen LogP contribution is -1.78. The van der Waals surface area contributed by atoms with E-state index in [4.69, 9.17) is 23.2 Å². The van der Waals surface area contributed by atoms with Gasteiger partial charge < -0.3 is 0 Å². The van der Waals surface area contributed by atoms with Gasteiger partial charge in [-0.15, -0.1) is 11.3 Å². The monoisotopic (exact) mass is 212 g/mol. The zero-order valence-electron chi connectivity index (χ0n) is 5.27. The van der Waals surface area contributed by atoms with Crippen molar-refractivity contribution in [2.75, 3.05) is 0 Å². The Bertz CT molecular complexity index is 230. The minimum absolute atomic E-state index is 0.163. The minimum Gasteiger partial charge on any atom is -0.171 e. The fourth-order valence-electron chi connectivity index (χ4n) is 0.638. The van der Waals surface area contributed by atoms with Crippen LogP contribution in [0.1, 0.15) is 17.7 Å². The molecule has 4 heteroatoms. The standard InChI is InChI=1S/C6H6Cl2S2/c1-3(9)4-2-5(7)10-6(4)8/h2-3,9H,1H3. The largest absolute Gasteiger partial charge is 0.171 e. The molecule has 0 amide bonds. The molecule has 1 unspecified atom stereocenters. The first-order valence-corrected chi connectivity index (χ1v) is 4.83. The molecule has 1 rings (SSSR count). The summed E-state index contributed by atoms with van der Waals surface area (Å²) < 4.78 is 1.47. The smallest absolute Gasteiger partial charge is 0.0987 e. The molecule has 0 N–H and O–H groups in total. The van der Waals surface area contributed by atoms with Gasteiger partial charge in [0.15, 0.2) is 0 Å². The summed E-state index contributed by atoms with van der Waals surface area (Å²) in [7, 11) is 0. The normalized spacial score (nSPS) is 13.6. The van der Waals surface area contributed by atoms with Gasteiger partial charge in [-0.05, 0) is 18.6 Å². The first kappa shape index (κ1) is 8.72. The lowest BCUT2D eigenvalue weighted by molar-refractivity contribution is 1.13. The van der Waals surface area contributed by atoms with Crippen molar-refractivity contribution in [2.24, 2.45) is 0 Å². The molecule has 0 aliphatic carbocycles. The van der Waals surface area contributed by atoms with Crippen LogP contribution in [-0.2, 0) is 0 Å². The van der Waals surface area contributed by atoms with Crippen LogP contribution in [0.15, 0.2) is 6.07 Å². The van der Waals surface area contributed by atoms with Crippen LogP contribution in [0.3, 0.4) is 0 Å². The third-order valence-electron chi connectivity index (χ3n) is 1.13. The van der Waals surface area contributed by atoms with Crippen molar-refractivity contribution in [3.05, 3.63) is 20.3 Å². The first-order chi connectivity index (χ1) is 4.61. The van der Waals surface area contributed by atoms with Crippen LogP contribution < -0.4 is 0 Å². The Kier molecular flexibility index (Phi) is 2.92. The highest BCUT2D eigenvalue weighted by molar-refractivity contribution is 7.80. The molecule has 0 aliphatic rings. The van der Waals surface area contributed by atoms with E-state index in [9.17, 15) is 0 Å². The van der Waals surface area contributed by atoms with Crippen LogP contribution in [0.5, 0.6) is 0 Å². The summed E-state index contributed by atoms with van der Waals surface area (Å²) in [5.41, 5.74) is 1.01. The molecule has 1 heterocycles. The number of thiol groups is 1. The first-order valence-electron chi connectivity index (χ1n) is 2.74. The Labute approximate surface area is 79.6 Å². The third kappa shape index (κ3) is 1.82. The Hall–Kier alpha value is 0.630. The summed E-state index contributed by atoms with van der Waals surface area (Å²) in [6.07, 6.45) is 0. The molecule has 56 valence electrons. The summed E-state index contributed by atoms with van der Waals surface area (Å²) in [4.78, 5) is 0. The van der Waals surface area contributed by atoms with E-state index in [-0.39, 0.29) is 5.25 Å². The van der Waals surface area contributed by atoms with Gasteiger partial charge in [-0.1, -0.05) is 23.2 Å². The molecule has 0 radical (unpaired) electrons. The maximum Gasteiger partial charge on any atom is 0.0987 e. The Balaban J connectivity index is 3.03. The zero-order valence-corrected chi connectivity index (χ0v) is 8.49. The second kappa shape index (κ2) is 3.35. The summed E-state index contributed by atoms with van der Waals surface area (Å²) in [5, 5.41) is 0.163. The van der Waals surface area contributed by atoms with E-state index < -0.39 is 0 Å². The van der Waals surface area contributed by atoms with Gasteiger partial charge >= 0.3 is 0 Å². The molecule has 10 heavy (non-hydrogen) atoms. The van der Waals surface area contributed by atoms with E-state index in [0.29, 0.717) is 0 Å². The van der Waals surface area contributed by atoms with Crippen molar-refractivity contribution >= 4 is 47.2 Å². The topological polar surface area (TPSA) is 0 Å². The van der Waals surface area contributed by atoms with E-state index in [1.165, 1.54) is 11.3 Å². The second-order valence-electron chi connectivity index (χ2n) is 1.96. The van der Waals surface area contributed by atoms with Gasteiger partial charge in [0.05, 0.1) is 8.67 Å². The van der Waals surface area contributed by atoms with E-state index in [1.807, 2.05) is 13.0 Å². The van der Waals surface area contributed by atoms with Crippen molar-refractivity contribution in [2.45, 2.75) is 12.2 Å². The van der Waals surface area contributed by atoms with Gasteiger partial charge in [0, 0.05) is 5.25 Å². The van der Waals surface area contributed by atoms with Crippen LogP contribution in [0.4, 0.5) is 0 Å². The van der Waals surface area contributed by atoms with E-state index >= 15 is 0 Å². The molecule has 1 atom stereocenters. The van der Waals surface area contributed by atoms with Gasteiger partial charge in [0.1, 0.15) is 0 Å². The minimum atomic E-state index is 0.163. The molecule has 0 aromatic carbocycles. The van der Waals surface area contributed by atoms with Crippen molar-refractivity contribution in [1.29, 1.82) is 0 Å². The molecule has 1 aromatic rings. The van der Waals surface area contributed by atoms with Crippen molar-refractivity contribution in [3.63, 3.8) is 0 Å². The average Bonchev–Trinajstić information content (AvgIpc) is 2.10. The Morgan fingerprint density at radius 2 is 2.20 bits per heavy atom. The molecule has 1 aromatic heterocycles. The SMILES string of the molecule is CC(S)c1cc(Cl)sc1Cl. The highest BCUT2D eigenvalue weighted by Crippen LogP contribution is 2.36. The molecule has 0 saturated heterocycles. The van der Waals surface area contributed by atoms with Gasteiger partial charge in [0.2, 0.25) is 0 Å². The van der Waals surface area contributed by atoms with Gasteiger partial charge in [-0.2, -0.15) is 12.6 Å². The molecule has 0 aliphatic heterocycles. The fraction of sp³-hybridized carbons (Fsp3) is 0.333. The van der Waals surface area contributed by atoms with Crippen molar-refractivity contribution in [3.8, 4) is 0 Å². The molecule has 0 saturated carbocycles. The highest BCUT2D eigenvalue weighted by atomic mass is 35.5. The van der Waals surface area contributed by atoms with Crippen molar-refractivity contribution in [1.82, 2.24) is 0 Å². The summed E-state index contributed by atoms with van der Waals surface area (Å²) >= 11 is 17.1. The van der Waals surface area contributed by atoms with Gasteiger partial charge in [-0.3, -0.25) is 0 Å². The molecule has 0 nitrogen and oxygen atoms in total. The number of rotatable bonds is 1. The summed E-state index contributed by atoms with van der Waals surface area (Å²) in [5.74, 6) is 0. The van der Waals surface area contributed by atoms with Crippen LogP contribution in [0, 0.1) is 0 Å². The molecular weight excluding hydrogens is 207 g/mol. The number of halogens is 2. The van der Waals surface area contributed by atoms with Crippen LogP contribution in [0.2, 0.25) is 8.67 Å². The second-order valence-corrected chi connectivity index (χ2v) is 5.02. The average molecular weight is 213 g/mol. The molecule has 0 bridgehead atoms. The van der Waals surface area contributed by atoms with E-state index in [0.717, 1.165) is 14.2 Å². The maximum atomic E-state index is 5.83. The predicted octanol–water partition coefficient (Wildman–Crippen LogP) is 4.05. The zero-order chi connectivity index (χ0) is 7.72. The molecule has 0 spiro atoms. The fourth-order valence-corrected chi connectivity index (χ4v) is 2.65. The lowest BCUT2D eigenvalue weighted by atomic mass is 10.3. The number of hydrogen-bond acceptors (Lipinski definition) is 2. The third-order valence-corrected chi connectivity index (χ3v) is 2.93. The lowest BCUT2D eigenvalue weighted by Gasteiger charge is -1.98. The highest BCUT2D eigenvalue weighted by Gasteiger charge is 2.08. The predicted molar refractivity (Wildman–Crippen MR) is 51.7 cm³/mol. The quantitative estimate of drug-likeness (QED) is 0.668. The van der Waals surface area contributed by atoms with Crippen LogP contribution in [-0.4, -0.2) is 0 Å². The van der Waals surface area contributed by atoms with Gasteiger partial charge in [0.25, 0.3) is 0 Å². The molecular formula is C6H6Cl2S2. The Morgan fingerprint density at radius 3 is 2.40 bits per heavy atom.